The quantitative estimate of drug-likeness (QED) is 0.805. The maximum Gasteiger partial charge on any atom is 0.341 e. The number of carbonyl (C=O) groups is 1. The van der Waals surface area contributed by atoms with Crippen LogP contribution >= 0.6 is 0 Å². The molecule has 7 heteroatoms. The normalized spacial score (nSPS) is 19.7. The van der Waals surface area contributed by atoms with Gasteiger partial charge in [-0.3, -0.25) is 9.20 Å². The van der Waals surface area contributed by atoms with Crippen molar-refractivity contribution in [3.05, 3.63) is 57.3 Å². The number of carboxylic acids is 1. The van der Waals surface area contributed by atoms with Gasteiger partial charge in [0.05, 0.1) is 17.4 Å². The fourth-order valence-electron chi connectivity index (χ4n) is 4.02. The summed E-state index contributed by atoms with van der Waals surface area (Å²) in [5.41, 5.74) is 7.32. The summed E-state index contributed by atoms with van der Waals surface area (Å²) < 4.78 is 16.2. The molecule has 1 aliphatic heterocycles. The summed E-state index contributed by atoms with van der Waals surface area (Å²) in [7, 11) is 0. The van der Waals surface area contributed by atoms with Crippen LogP contribution in [0.3, 0.4) is 0 Å². The van der Waals surface area contributed by atoms with Gasteiger partial charge in [-0.1, -0.05) is 12.2 Å². The molecule has 1 atom stereocenters. The van der Waals surface area contributed by atoms with Crippen molar-refractivity contribution in [2.75, 3.05) is 24.5 Å². The topological polar surface area (TPSA) is 88.0 Å². The standard InChI is InChI=1S/C20H22FN3O3/c1-11-17-14(13-4-5-13)7-15(20(26)27)19(25)24(17)10-16(21)18(11)23-6-2-3-12(8-22)9-23/h2-3,7,10,12-13H,4-6,8-9,22H2,1H3,(H,26,27). The number of pyridine rings is 2. The molecule has 1 unspecified atom stereocenters. The molecule has 2 aliphatic rings. The first kappa shape index (κ1) is 17.7. The molecule has 4 rings (SSSR count). The Morgan fingerprint density at radius 1 is 1.41 bits per heavy atom. The summed E-state index contributed by atoms with van der Waals surface area (Å²) in [5.74, 6) is -1.45. The number of rotatable bonds is 4. The number of aryl methyl sites for hydroxylation is 1. The van der Waals surface area contributed by atoms with E-state index in [1.165, 1.54) is 10.5 Å². The predicted octanol–water partition coefficient (Wildman–Crippen LogP) is 2.27. The van der Waals surface area contributed by atoms with Crippen LogP contribution in [0.1, 0.15) is 40.2 Å². The largest absolute Gasteiger partial charge is 0.477 e. The summed E-state index contributed by atoms with van der Waals surface area (Å²) in [5, 5.41) is 9.37. The lowest BCUT2D eigenvalue weighted by Gasteiger charge is -2.32. The number of hydrogen-bond acceptors (Lipinski definition) is 4. The van der Waals surface area contributed by atoms with E-state index < -0.39 is 17.3 Å². The zero-order chi connectivity index (χ0) is 19.3. The highest BCUT2D eigenvalue weighted by molar-refractivity contribution is 5.89. The average molecular weight is 371 g/mol. The van der Waals surface area contributed by atoms with Crippen molar-refractivity contribution in [2.45, 2.75) is 25.7 Å². The molecule has 3 heterocycles. The molecule has 6 nitrogen and oxygen atoms in total. The van der Waals surface area contributed by atoms with E-state index in [1.54, 1.807) is 6.92 Å². The first-order valence-electron chi connectivity index (χ1n) is 9.15. The van der Waals surface area contributed by atoms with E-state index in [0.717, 1.165) is 24.6 Å². The van der Waals surface area contributed by atoms with Crippen LogP contribution in [0.4, 0.5) is 10.1 Å². The van der Waals surface area contributed by atoms with Crippen molar-refractivity contribution in [1.29, 1.82) is 0 Å². The van der Waals surface area contributed by atoms with Gasteiger partial charge in [0.15, 0.2) is 5.82 Å². The predicted molar refractivity (Wildman–Crippen MR) is 101 cm³/mol. The Hall–Kier alpha value is -2.67. The Balaban J connectivity index is 1.97. The molecule has 0 saturated heterocycles. The Morgan fingerprint density at radius 3 is 2.78 bits per heavy atom. The minimum absolute atomic E-state index is 0.147. The van der Waals surface area contributed by atoms with Gasteiger partial charge in [0.1, 0.15) is 5.56 Å². The van der Waals surface area contributed by atoms with Crippen molar-refractivity contribution >= 4 is 17.2 Å². The second kappa shape index (κ2) is 6.49. The maximum absolute atomic E-state index is 15.1. The third-order valence-electron chi connectivity index (χ3n) is 5.50. The number of aromatic carboxylic acids is 1. The summed E-state index contributed by atoms with van der Waals surface area (Å²) in [4.78, 5) is 26.0. The minimum atomic E-state index is -1.29. The smallest absolute Gasteiger partial charge is 0.341 e. The molecule has 0 radical (unpaired) electrons. The van der Waals surface area contributed by atoms with E-state index in [-0.39, 0.29) is 17.4 Å². The van der Waals surface area contributed by atoms with Crippen LogP contribution in [-0.4, -0.2) is 35.1 Å². The SMILES string of the molecule is Cc1c(N2CC=CC(CN)C2)c(F)cn2c(=O)c(C(=O)O)cc(C3CC3)c12. The molecule has 1 fully saturated rings. The van der Waals surface area contributed by atoms with Crippen molar-refractivity contribution < 1.29 is 14.3 Å². The highest BCUT2D eigenvalue weighted by Gasteiger charge is 2.31. The van der Waals surface area contributed by atoms with Gasteiger partial charge in [0.25, 0.3) is 5.56 Å². The third-order valence-corrected chi connectivity index (χ3v) is 5.50. The van der Waals surface area contributed by atoms with Crippen LogP contribution < -0.4 is 16.2 Å². The number of fused-ring (bicyclic) bond motifs is 1. The van der Waals surface area contributed by atoms with E-state index >= 15 is 4.39 Å². The maximum atomic E-state index is 15.1. The number of carboxylic acid groups (broad SMARTS) is 1. The van der Waals surface area contributed by atoms with Gasteiger partial charge in [-0.2, -0.15) is 0 Å². The minimum Gasteiger partial charge on any atom is -0.477 e. The van der Waals surface area contributed by atoms with Gasteiger partial charge in [0.2, 0.25) is 0 Å². The number of nitrogens with two attached hydrogens (primary N) is 1. The first-order valence-corrected chi connectivity index (χ1v) is 9.15. The first-order chi connectivity index (χ1) is 12.9. The molecule has 2 aromatic rings. The average Bonchev–Trinajstić information content (AvgIpc) is 3.47. The Kier molecular flexibility index (Phi) is 4.26. The molecule has 3 N–H and O–H groups in total. The summed E-state index contributed by atoms with van der Waals surface area (Å²) in [6, 6.07) is 1.48. The zero-order valence-corrected chi connectivity index (χ0v) is 15.1. The Morgan fingerprint density at radius 2 is 2.15 bits per heavy atom. The van der Waals surface area contributed by atoms with Crippen LogP contribution in [0.5, 0.6) is 0 Å². The highest BCUT2D eigenvalue weighted by atomic mass is 19.1. The summed E-state index contributed by atoms with van der Waals surface area (Å²) >= 11 is 0. The Bertz CT molecular complexity index is 1020. The van der Waals surface area contributed by atoms with Gasteiger partial charge >= 0.3 is 5.97 Å². The molecular weight excluding hydrogens is 349 g/mol. The second-order valence-electron chi connectivity index (χ2n) is 7.40. The number of halogens is 1. The lowest BCUT2D eigenvalue weighted by atomic mass is 10.00. The molecule has 0 bridgehead atoms. The lowest BCUT2D eigenvalue weighted by molar-refractivity contribution is 0.0694. The fraction of sp³-hybridized carbons (Fsp3) is 0.400. The van der Waals surface area contributed by atoms with E-state index in [4.69, 9.17) is 5.73 Å². The van der Waals surface area contributed by atoms with Crippen LogP contribution in [-0.2, 0) is 0 Å². The van der Waals surface area contributed by atoms with Crippen LogP contribution in [0, 0.1) is 18.7 Å². The van der Waals surface area contributed by atoms with E-state index in [0.29, 0.717) is 36.4 Å². The van der Waals surface area contributed by atoms with E-state index in [2.05, 4.69) is 0 Å². The molecule has 1 aliphatic carbocycles. The molecule has 0 amide bonds. The van der Waals surface area contributed by atoms with Crippen molar-refractivity contribution in [3.8, 4) is 0 Å². The number of hydrogen-bond donors (Lipinski definition) is 2. The van der Waals surface area contributed by atoms with Gasteiger partial charge in [-0.25, -0.2) is 9.18 Å². The van der Waals surface area contributed by atoms with Gasteiger partial charge in [-0.05, 0) is 42.9 Å². The molecule has 1 saturated carbocycles. The molecule has 0 aromatic carbocycles. The molecular formula is C20H22FN3O3. The van der Waals surface area contributed by atoms with Crippen LogP contribution in [0.2, 0.25) is 0 Å². The number of anilines is 1. The van der Waals surface area contributed by atoms with Crippen molar-refractivity contribution in [1.82, 2.24) is 4.40 Å². The summed E-state index contributed by atoms with van der Waals surface area (Å²) in [6.45, 7) is 3.46. The molecule has 142 valence electrons. The lowest BCUT2D eigenvalue weighted by Crippen LogP contribution is -2.37. The van der Waals surface area contributed by atoms with Gasteiger partial charge < -0.3 is 15.7 Å². The van der Waals surface area contributed by atoms with Gasteiger partial charge in [0, 0.05) is 25.6 Å². The van der Waals surface area contributed by atoms with E-state index in [1.807, 2.05) is 17.1 Å². The van der Waals surface area contributed by atoms with Gasteiger partial charge in [-0.15, -0.1) is 0 Å². The molecule has 27 heavy (non-hydrogen) atoms. The number of nitrogens with zero attached hydrogens (tertiary/aromatic N) is 2. The number of aromatic nitrogens is 1. The van der Waals surface area contributed by atoms with Crippen molar-refractivity contribution in [2.24, 2.45) is 11.7 Å². The zero-order valence-electron chi connectivity index (χ0n) is 15.1. The third kappa shape index (κ3) is 2.92. The molecule has 0 spiro atoms. The van der Waals surface area contributed by atoms with Crippen LogP contribution in [0.25, 0.3) is 5.52 Å². The Labute approximate surface area is 155 Å². The fourth-order valence-corrected chi connectivity index (χ4v) is 4.02. The monoisotopic (exact) mass is 371 g/mol. The van der Waals surface area contributed by atoms with E-state index in [9.17, 15) is 14.7 Å². The highest BCUT2D eigenvalue weighted by Crippen LogP contribution is 2.44. The van der Waals surface area contributed by atoms with Crippen molar-refractivity contribution in [3.63, 3.8) is 0 Å². The van der Waals surface area contributed by atoms with Crippen LogP contribution in [0.15, 0.2) is 29.2 Å². The summed E-state index contributed by atoms with van der Waals surface area (Å²) in [6.07, 6.45) is 7.05. The molecule has 2 aromatic heterocycles. The second-order valence-corrected chi connectivity index (χ2v) is 7.40.